The van der Waals surface area contributed by atoms with E-state index in [1.165, 1.54) is 6.07 Å². The van der Waals surface area contributed by atoms with Crippen LogP contribution in [0.3, 0.4) is 0 Å². The maximum absolute atomic E-state index is 13.5. The fourth-order valence-electron chi connectivity index (χ4n) is 3.91. The van der Waals surface area contributed by atoms with Gasteiger partial charge in [-0.15, -0.1) is 0 Å². The summed E-state index contributed by atoms with van der Waals surface area (Å²) in [5, 5.41) is 3.10. The van der Waals surface area contributed by atoms with Crippen molar-refractivity contribution in [1.82, 2.24) is 10.2 Å². The molecule has 1 unspecified atom stereocenters. The largest absolute Gasteiger partial charge is 0.491 e. The van der Waals surface area contributed by atoms with Crippen LogP contribution in [-0.2, 0) is 17.5 Å². The summed E-state index contributed by atoms with van der Waals surface area (Å²) < 4.78 is 51.6. The van der Waals surface area contributed by atoms with E-state index in [0.29, 0.717) is 5.96 Å². The van der Waals surface area contributed by atoms with E-state index in [2.05, 4.69) is 15.2 Å². The molecule has 3 rings (SSSR count). The maximum Gasteiger partial charge on any atom is 0.416 e. The lowest BCUT2D eigenvalue weighted by atomic mass is 9.87. The SMILES string of the molecule is CN=C(NCc1ccc(OC(C)C)cc1C(F)(F)F)N1CCC2(CCOC2)C1. The number of ether oxygens (including phenoxy) is 2. The van der Waals surface area contributed by atoms with E-state index in [1.807, 2.05) is 0 Å². The second kappa shape index (κ2) is 8.19. The van der Waals surface area contributed by atoms with E-state index in [1.54, 1.807) is 27.0 Å². The summed E-state index contributed by atoms with van der Waals surface area (Å²) in [4.78, 5) is 6.38. The van der Waals surface area contributed by atoms with Crippen LogP contribution in [0.1, 0.15) is 37.8 Å². The van der Waals surface area contributed by atoms with Gasteiger partial charge in [-0.25, -0.2) is 0 Å². The Morgan fingerprint density at radius 2 is 2.14 bits per heavy atom. The zero-order valence-corrected chi connectivity index (χ0v) is 16.6. The van der Waals surface area contributed by atoms with Crippen LogP contribution >= 0.6 is 0 Å². The van der Waals surface area contributed by atoms with Gasteiger partial charge in [0.05, 0.1) is 18.3 Å². The van der Waals surface area contributed by atoms with Crippen LogP contribution in [0.5, 0.6) is 5.75 Å². The van der Waals surface area contributed by atoms with Gasteiger partial charge in [-0.2, -0.15) is 13.2 Å². The molecule has 8 heteroatoms. The Hall–Kier alpha value is -1.96. The van der Waals surface area contributed by atoms with Crippen molar-refractivity contribution >= 4 is 5.96 Å². The number of rotatable bonds is 4. The van der Waals surface area contributed by atoms with Crippen LogP contribution in [-0.4, -0.2) is 50.3 Å². The Kier molecular flexibility index (Phi) is 6.07. The van der Waals surface area contributed by atoms with E-state index in [0.717, 1.165) is 45.2 Å². The number of hydrogen-bond donors (Lipinski definition) is 1. The minimum atomic E-state index is -4.45. The Morgan fingerprint density at radius 3 is 2.75 bits per heavy atom. The molecule has 0 bridgehead atoms. The standard InChI is InChI=1S/C20H28F3N3O2/c1-14(2)28-16-5-4-15(17(10-16)20(21,22)23)11-25-18(24-3)26-8-6-19(12-26)7-9-27-13-19/h4-5,10,14H,6-9,11-13H2,1-3H3,(H,24,25). The van der Waals surface area contributed by atoms with E-state index in [4.69, 9.17) is 9.47 Å². The molecule has 28 heavy (non-hydrogen) atoms. The minimum Gasteiger partial charge on any atom is -0.491 e. The number of halogens is 3. The number of aliphatic imine (C=N–C) groups is 1. The van der Waals surface area contributed by atoms with Crippen LogP contribution < -0.4 is 10.1 Å². The average Bonchev–Trinajstić information content (AvgIpc) is 3.25. The molecule has 5 nitrogen and oxygen atoms in total. The molecule has 2 aliphatic heterocycles. The third kappa shape index (κ3) is 4.71. The highest BCUT2D eigenvalue weighted by atomic mass is 19.4. The first-order valence-corrected chi connectivity index (χ1v) is 9.63. The fourth-order valence-corrected chi connectivity index (χ4v) is 3.91. The van der Waals surface area contributed by atoms with Crippen molar-refractivity contribution in [2.75, 3.05) is 33.4 Å². The number of likely N-dealkylation sites (tertiary alicyclic amines) is 1. The summed E-state index contributed by atoms with van der Waals surface area (Å²) >= 11 is 0. The third-order valence-electron chi connectivity index (χ3n) is 5.33. The van der Waals surface area contributed by atoms with Gasteiger partial charge in [-0.05, 0) is 44.4 Å². The van der Waals surface area contributed by atoms with Gasteiger partial charge in [0.25, 0.3) is 0 Å². The summed E-state index contributed by atoms with van der Waals surface area (Å²) in [5.74, 6) is 0.845. The molecule has 1 aromatic carbocycles. The normalized spacial score (nSPS) is 23.1. The molecule has 2 saturated heterocycles. The lowest BCUT2D eigenvalue weighted by Crippen LogP contribution is -2.41. The lowest BCUT2D eigenvalue weighted by molar-refractivity contribution is -0.138. The van der Waals surface area contributed by atoms with Crippen LogP contribution in [0.15, 0.2) is 23.2 Å². The van der Waals surface area contributed by atoms with Gasteiger partial charge in [0.15, 0.2) is 5.96 Å². The molecule has 2 aliphatic rings. The predicted molar refractivity (Wildman–Crippen MR) is 101 cm³/mol. The van der Waals surface area contributed by atoms with E-state index in [9.17, 15) is 13.2 Å². The first kappa shape index (κ1) is 20.8. The highest BCUT2D eigenvalue weighted by molar-refractivity contribution is 5.80. The molecule has 2 heterocycles. The molecular weight excluding hydrogens is 371 g/mol. The molecule has 2 fully saturated rings. The number of hydrogen-bond acceptors (Lipinski definition) is 3. The highest BCUT2D eigenvalue weighted by Crippen LogP contribution is 2.38. The molecule has 0 radical (unpaired) electrons. The van der Waals surface area contributed by atoms with Crippen molar-refractivity contribution in [2.24, 2.45) is 10.4 Å². The van der Waals surface area contributed by atoms with Crippen molar-refractivity contribution in [3.8, 4) is 5.75 Å². The second-order valence-electron chi connectivity index (χ2n) is 7.86. The number of nitrogens with one attached hydrogen (secondary N) is 1. The van der Waals surface area contributed by atoms with Crippen LogP contribution in [0, 0.1) is 5.41 Å². The van der Waals surface area contributed by atoms with Crippen molar-refractivity contribution in [3.05, 3.63) is 29.3 Å². The van der Waals surface area contributed by atoms with Gasteiger partial charge in [0, 0.05) is 38.7 Å². The second-order valence-corrected chi connectivity index (χ2v) is 7.86. The molecule has 1 aromatic rings. The monoisotopic (exact) mass is 399 g/mol. The van der Waals surface area contributed by atoms with Crippen LogP contribution in [0.2, 0.25) is 0 Å². The molecule has 1 N–H and O–H groups in total. The predicted octanol–water partition coefficient (Wildman–Crippen LogP) is 3.68. The molecule has 0 aromatic heterocycles. The summed E-state index contributed by atoms with van der Waals surface area (Å²) in [6, 6.07) is 4.12. The van der Waals surface area contributed by atoms with Crippen molar-refractivity contribution in [3.63, 3.8) is 0 Å². The maximum atomic E-state index is 13.5. The summed E-state index contributed by atoms with van der Waals surface area (Å²) in [7, 11) is 1.66. The van der Waals surface area contributed by atoms with Crippen LogP contribution in [0.25, 0.3) is 0 Å². The molecule has 0 amide bonds. The number of guanidine groups is 1. The first-order chi connectivity index (χ1) is 13.2. The minimum absolute atomic E-state index is 0.0451. The van der Waals surface area contributed by atoms with Gasteiger partial charge >= 0.3 is 6.18 Å². The van der Waals surface area contributed by atoms with Gasteiger partial charge < -0.3 is 19.7 Å². The van der Waals surface area contributed by atoms with Gasteiger partial charge in [-0.1, -0.05) is 6.07 Å². The number of nitrogens with zero attached hydrogens (tertiary/aromatic N) is 2. The summed E-state index contributed by atoms with van der Waals surface area (Å²) in [5.41, 5.74) is -0.358. The van der Waals surface area contributed by atoms with Crippen molar-refractivity contribution in [1.29, 1.82) is 0 Å². The Morgan fingerprint density at radius 1 is 1.36 bits per heavy atom. The smallest absolute Gasteiger partial charge is 0.416 e. The fraction of sp³-hybridized carbons (Fsp3) is 0.650. The topological polar surface area (TPSA) is 46.1 Å². The molecule has 0 aliphatic carbocycles. The molecule has 1 atom stereocenters. The molecule has 1 spiro atoms. The summed E-state index contributed by atoms with van der Waals surface area (Å²) in [6.45, 7) is 6.78. The Bertz CT molecular complexity index is 713. The Labute approximate surface area is 163 Å². The highest BCUT2D eigenvalue weighted by Gasteiger charge is 2.42. The van der Waals surface area contributed by atoms with Crippen molar-refractivity contribution < 1.29 is 22.6 Å². The molecule has 156 valence electrons. The van der Waals surface area contributed by atoms with Crippen LogP contribution in [0.4, 0.5) is 13.2 Å². The van der Waals surface area contributed by atoms with Gasteiger partial charge in [-0.3, -0.25) is 4.99 Å². The average molecular weight is 399 g/mol. The van der Waals surface area contributed by atoms with Crippen molar-refractivity contribution in [2.45, 2.75) is 45.5 Å². The molecule has 0 saturated carbocycles. The zero-order chi connectivity index (χ0) is 20.4. The lowest BCUT2D eigenvalue weighted by Gasteiger charge is -2.25. The van der Waals surface area contributed by atoms with Gasteiger partial charge in [0.1, 0.15) is 5.75 Å². The quantitative estimate of drug-likeness (QED) is 0.620. The molecular formula is C20H28F3N3O2. The van der Waals surface area contributed by atoms with Gasteiger partial charge in [0.2, 0.25) is 0 Å². The van der Waals surface area contributed by atoms with E-state index >= 15 is 0 Å². The zero-order valence-electron chi connectivity index (χ0n) is 16.6. The van der Waals surface area contributed by atoms with E-state index in [-0.39, 0.29) is 29.4 Å². The summed E-state index contributed by atoms with van der Waals surface area (Å²) in [6.07, 6.45) is -2.60. The van der Waals surface area contributed by atoms with E-state index < -0.39 is 11.7 Å². The third-order valence-corrected chi connectivity index (χ3v) is 5.33. The first-order valence-electron chi connectivity index (χ1n) is 9.63. The number of benzene rings is 1. The number of alkyl halides is 3. The Balaban J connectivity index is 1.70.